The fourth-order valence-electron chi connectivity index (χ4n) is 3.07. The second-order valence-corrected chi connectivity index (χ2v) is 6.92. The van der Waals surface area contributed by atoms with Crippen molar-refractivity contribution in [2.75, 3.05) is 10.6 Å². The SMILES string of the molecule is CC1(C)CCCC1Nc1cccc(NC(=O)C2CC2)c1. The van der Waals surface area contributed by atoms with E-state index in [0.717, 1.165) is 24.2 Å². The van der Waals surface area contributed by atoms with Crippen LogP contribution in [0.15, 0.2) is 24.3 Å². The maximum absolute atomic E-state index is 11.8. The van der Waals surface area contributed by atoms with E-state index in [2.05, 4.69) is 36.6 Å². The van der Waals surface area contributed by atoms with Gasteiger partial charge in [0.25, 0.3) is 0 Å². The van der Waals surface area contributed by atoms with Crippen LogP contribution in [0.4, 0.5) is 11.4 Å². The quantitative estimate of drug-likeness (QED) is 0.869. The third-order valence-electron chi connectivity index (χ3n) is 4.68. The first-order chi connectivity index (χ1) is 9.54. The van der Waals surface area contributed by atoms with Gasteiger partial charge in [-0.15, -0.1) is 0 Å². The summed E-state index contributed by atoms with van der Waals surface area (Å²) >= 11 is 0. The number of anilines is 2. The van der Waals surface area contributed by atoms with Gasteiger partial charge in [-0.25, -0.2) is 0 Å². The molecule has 3 heteroatoms. The van der Waals surface area contributed by atoms with Crippen LogP contribution in [0.25, 0.3) is 0 Å². The lowest BCUT2D eigenvalue weighted by molar-refractivity contribution is -0.117. The van der Waals surface area contributed by atoms with Crippen molar-refractivity contribution in [3.05, 3.63) is 24.3 Å². The molecule has 0 radical (unpaired) electrons. The lowest BCUT2D eigenvalue weighted by Gasteiger charge is -2.28. The highest BCUT2D eigenvalue weighted by atomic mass is 16.2. The molecule has 2 aliphatic carbocycles. The van der Waals surface area contributed by atoms with Crippen LogP contribution >= 0.6 is 0 Å². The fourth-order valence-corrected chi connectivity index (χ4v) is 3.07. The first-order valence-electron chi connectivity index (χ1n) is 7.72. The summed E-state index contributed by atoms with van der Waals surface area (Å²) in [5.41, 5.74) is 2.37. The van der Waals surface area contributed by atoms with Gasteiger partial charge >= 0.3 is 0 Å². The van der Waals surface area contributed by atoms with Crippen LogP contribution in [-0.4, -0.2) is 11.9 Å². The average Bonchev–Trinajstić information content (AvgIpc) is 3.17. The van der Waals surface area contributed by atoms with Crippen molar-refractivity contribution in [2.45, 2.75) is 52.0 Å². The molecule has 108 valence electrons. The summed E-state index contributed by atoms with van der Waals surface area (Å²) in [7, 11) is 0. The minimum atomic E-state index is 0.170. The molecule has 0 saturated heterocycles. The molecule has 1 amide bonds. The third kappa shape index (κ3) is 2.97. The Morgan fingerprint density at radius 2 is 1.95 bits per heavy atom. The lowest BCUT2D eigenvalue weighted by Crippen LogP contribution is -2.30. The van der Waals surface area contributed by atoms with Crippen LogP contribution in [-0.2, 0) is 4.79 Å². The molecule has 2 saturated carbocycles. The van der Waals surface area contributed by atoms with Crippen molar-refractivity contribution in [3.63, 3.8) is 0 Å². The molecular formula is C17H24N2O. The number of amides is 1. The number of rotatable bonds is 4. The van der Waals surface area contributed by atoms with Gasteiger partial charge in [-0.2, -0.15) is 0 Å². The standard InChI is InChI=1S/C17H24N2O/c1-17(2)10-4-7-15(17)18-13-5-3-6-14(11-13)19-16(20)12-8-9-12/h3,5-6,11-12,15,18H,4,7-10H2,1-2H3,(H,19,20). The third-order valence-corrected chi connectivity index (χ3v) is 4.68. The van der Waals surface area contributed by atoms with E-state index >= 15 is 0 Å². The molecule has 0 heterocycles. The first kappa shape index (κ1) is 13.5. The topological polar surface area (TPSA) is 41.1 Å². The molecule has 1 atom stereocenters. The van der Waals surface area contributed by atoms with Crippen molar-refractivity contribution in [1.29, 1.82) is 0 Å². The Morgan fingerprint density at radius 1 is 1.20 bits per heavy atom. The number of nitrogens with one attached hydrogen (secondary N) is 2. The van der Waals surface area contributed by atoms with Gasteiger partial charge in [0.15, 0.2) is 0 Å². The summed E-state index contributed by atoms with van der Waals surface area (Å²) in [6.45, 7) is 4.66. The van der Waals surface area contributed by atoms with Crippen molar-refractivity contribution < 1.29 is 4.79 Å². The van der Waals surface area contributed by atoms with Crippen LogP contribution in [0, 0.1) is 11.3 Å². The van der Waals surface area contributed by atoms with Crippen LogP contribution in [0.5, 0.6) is 0 Å². The molecule has 2 fully saturated rings. The second kappa shape index (κ2) is 5.12. The van der Waals surface area contributed by atoms with Crippen LogP contribution in [0.2, 0.25) is 0 Å². The summed E-state index contributed by atoms with van der Waals surface area (Å²) in [6.07, 6.45) is 5.89. The molecule has 1 unspecified atom stereocenters. The minimum absolute atomic E-state index is 0.170. The van der Waals surface area contributed by atoms with Gasteiger partial charge in [-0.05, 0) is 49.3 Å². The van der Waals surface area contributed by atoms with E-state index in [1.165, 1.54) is 19.3 Å². The van der Waals surface area contributed by atoms with Crippen LogP contribution in [0.3, 0.4) is 0 Å². The smallest absolute Gasteiger partial charge is 0.227 e. The van der Waals surface area contributed by atoms with Gasteiger partial charge in [-0.3, -0.25) is 4.79 Å². The van der Waals surface area contributed by atoms with Crippen LogP contribution in [0.1, 0.15) is 46.0 Å². The normalized spacial score (nSPS) is 24.4. The number of hydrogen-bond donors (Lipinski definition) is 2. The Hall–Kier alpha value is -1.51. The molecule has 2 aliphatic rings. The van der Waals surface area contributed by atoms with E-state index in [-0.39, 0.29) is 11.8 Å². The van der Waals surface area contributed by atoms with E-state index in [0.29, 0.717) is 11.5 Å². The van der Waals surface area contributed by atoms with Crippen molar-refractivity contribution in [3.8, 4) is 0 Å². The van der Waals surface area contributed by atoms with E-state index in [1.54, 1.807) is 0 Å². The highest BCUT2D eigenvalue weighted by Gasteiger charge is 2.34. The molecule has 3 nitrogen and oxygen atoms in total. The van der Waals surface area contributed by atoms with Gasteiger partial charge in [0.1, 0.15) is 0 Å². The maximum atomic E-state index is 11.8. The average molecular weight is 272 g/mol. The fraction of sp³-hybridized carbons (Fsp3) is 0.588. The molecule has 2 N–H and O–H groups in total. The Morgan fingerprint density at radius 3 is 2.60 bits per heavy atom. The van der Waals surface area contributed by atoms with Gasteiger partial charge in [0.05, 0.1) is 0 Å². The van der Waals surface area contributed by atoms with Gasteiger partial charge in [-0.1, -0.05) is 26.3 Å². The summed E-state index contributed by atoms with van der Waals surface area (Å²) in [4.78, 5) is 11.8. The number of carbonyl (C=O) groups is 1. The van der Waals surface area contributed by atoms with Gasteiger partial charge in [0, 0.05) is 23.3 Å². The monoisotopic (exact) mass is 272 g/mol. The molecule has 0 spiro atoms. The molecule has 0 aromatic heterocycles. The molecule has 1 aromatic rings. The Kier molecular flexibility index (Phi) is 3.45. The molecule has 0 bridgehead atoms. The van der Waals surface area contributed by atoms with Gasteiger partial charge < -0.3 is 10.6 Å². The predicted octanol–water partition coefficient (Wildman–Crippen LogP) is 4.03. The van der Waals surface area contributed by atoms with Crippen LogP contribution < -0.4 is 10.6 Å². The molecule has 0 aliphatic heterocycles. The van der Waals surface area contributed by atoms with E-state index in [1.807, 2.05) is 12.1 Å². The number of benzene rings is 1. The highest BCUT2D eigenvalue weighted by molar-refractivity contribution is 5.94. The lowest BCUT2D eigenvalue weighted by atomic mass is 9.87. The predicted molar refractivity (Wildman–Crippen MR) is 82.8 cm³/mol. The Balaban J connectivity index is 1.66. The van der Waals surface area contributed by atoms with E-state index in [4.69, 9.17) is 0 Å². The zero-order chi connectivity index (χ0) is 14.2. The summed E-state index contributed by atoms with van der Waals surface area (Å²) in [6, 6.07) is 8.63. The first-order valence-corrected chi connectivity index (χ1v) is 7.72. The summed E-state index contributed by atoms with van der Waals surface area (Å²) in [5.74, 6) is 0.420. The maximum Gasteiger partial charge on any atom is 0.227 e. The number of carbonyl (C=O) groups excluding carboxylic acids is 1. The number of hydrogen-bond acceptors (Lipinski definition) is 2. The largest absolute Gasteiger partial charge is 0.382 e. The van der Waals surface area contributed by atoms with E-state index < -0.39 is 0 Å². The molecule has 20 heavy (non-hydrogen) atoms. The second-order valence-electron chi connectivity index (χ2n) is 6.92. The van der Waals surface area contributed by atoms with Crippen molar-refractivity contribution >= 4 is 17.3 Å². The highest BCUT2D eigenvalue weighted by Crippen LogP contribution is 2.39. The molecule has 1 aromatic carbocycles. The van der Waals surface area contributed by atoms with Crippen molar-refractivity contribution in [1.82, 2.24) is 0 Å². The summed E-state index contributed by atoms with van der Waals surface area (Å²) < 4.78 is 0. The summed E-state index contributed by atoms with van der Waals surface area (Å²) in [5, 5.41) is 6.65. The molecular weight excluding hydrogens is 248 g/mol. The zero-order valence-corrected chi connectivity index (χ0v) is 12.4. The zero-order valence-electron chi connectivity index (χ0n) is 12.4. The van der Waals surface area contributed by atoms with Crippen molar-refractivity contribution in [2.24, 2.45) is 11.3 Å². The Bertz CT molecular complexity index is 505. The van der Waals surface area contributed by atoms with Gasteiger partial charge in [0.2, 0.25) is 5.91 Å². The Labute approximate surface area is 121 Å². The van der Waals surface area contributed by atoms with E-state index in [9.17, 15) is 4.79 Å². The minimum Gasteiger partial charge on any atom is -0.382 e. The molecule has 3 rings (SSSR count).